The van der Waals surface area contributed by atoms with Crippen LogP contribution in [0.1, 0.15) is 5.69 Å². The first kappa shape index (κ1) is 15.1. The van der Waals surface area contributed by atoms with Gasteiger partial charge < -0.3 is 4.74 Å². The number of methoxy groups -OCH3 is 1. The molecule has 4 aromatic rings. The van der Waals surface area contributed by atoms with Gasteiger partial charge in [0.25, 0.3) is 0 Å². The smallest absolute Gasteiger partial charge is 0.353 e. The minimum atomic E-state index is -0.272. The van der Waals surface area contributed by atoms with Gasteiger partial charge in [-0.15, -0.1) is 5.10 Å². The minimum absolute atomic E-state index is 0.256. The van der Waals surface area contributed by atoms with Gasteiger partial charge in [-0.05, 0) is 37.3 Å². The van der Waals surface area contributed by atoms with Crippen LogP contribution in [-0.2, 0) is 7.05 Å². The third-order valence-electron chi connectivity index (χ3n) is 4.02. The molecule has 0 saturated heterocycles. The first-order chi connectivity index (χ1) is 12.1. The topological polar surface area (TPSA) is 79.8 Å². The number of pyridine rings is 1. The first-order valence-corrected chi connectivity index (χ1v) is 7.70. The fraction of sp³-hybridized carbons (Fsp3) is 0.176. The number of aryl methyl sites for hydroxylation is 1. The summed E-state index contributed by atoms with van der Waals surface area (Å²) in [6, 6.07) is 9.69. The van der Waals surface area contributed by atoms with Crippen LogP contribution < -0.4 is 10.4 Å². The van der Waals surface area contributed by atoms with Gasteiger partial charge in [0.2, 0.25) is 0 Å². The highest BCUT2D eigenvalue weighted by molar-refractivity contribution is 5.80. The fourth-order valence-corrected chi connectivity index (χ4v) is 2.64. The Balaban J connectivity index is 1.81. The zero-order valence-electron chi connectivity index (χ0n) is 14.0. The van der Waals surface area contributed by atoms with Gasteiger partial charge in [-0.25, -0.2) is 14.0 Å². The number of nitrogens with zero attached hydrogens (tertiary/aromatic N) is 6. The summed E-state index contributed by atoms with van der Waals surface area (Å²) in [6.45, 7) is 1.94. The minimum Gasteiger partial charge on any atom is -0.467 e. The number of hydrogen-bond donors (Lipinski definition) is 0. The summed E-state index contributed by atoms with van der Waals surface area (Å²) >= 11 is 0. The Hall–Kier alpha value is -3.42. The van der Waals surface area contributed by atoms with Crippen LogP contribution in [0.5, 0.6) is 6.01 Å². The molecule has 8 heteroatoms. The summed E-state index contributed by atoms with van der Waals surface area (Å²) in [5, 5.41) is 9.63. The van der Waals surface area contributed by atoms with Crippen LogP contribution in [-0.4, -0.2) is 36.2 Å². The maximum atomic E-state index is 12.3. The number of hydrogen-bond acceptors (Lipinski definition) is 5. The zero-order valence-corrected chi connectivity index (χ0v) is 14.0. The summed E-state index contributed by atoms with van der Waals surface area (Å²) in [5.41, 5.74) is 3.02. The third kappa shape index (κ3) is 2.47. The van der Waals surface area contributed by atoms with Gasteiger partial charge in [-0.3, -0.25) is 4.98 Å². The fourth-order valence-electron chi connectivity index (χ4n) is 2.64. The number of ether oxygens (including phenoxy) is 1. The second-order valence-electron chi connectivity index (χ2n) is 5.71. The number of fused-ring (bicyclic) bond motifs is 1. The van der Waals surface area contributed by atoms with E-state index < -0.39 is 0 Å². The van der Waals surface area contributed by atoms with Crippen molar-refractivity contribution in [3.05, 3.63) is 58.9 Å². The molecule has 3 heterocycles. The Labute approximate surface area is 142 Å². The van der Waals surface area contributed by atoms with Crippen LogP contribution in [0.25, 0.3) is 22.3 Å². The average molecular weight is 336 g/mol. The second kappa shape index (κ2) is 5.59. The molecule has 0 unspecified atom stereocenters. The normalized spacial score (nSPS) is 11.2. The van der Waals surface area contributed by atoms with Crippen molar-refractivity contribution in [3.8, 4) is 17.4 Å². The highest BCUT2D eigenvalue weighted by Crippen LogP contribution is 2.19. The van der Waals surface area contributed by atoms with E-state index in [1.807, 2.05) is 37.4 Å². The molecular formula is C17H16N6O2. The zero-order chi connectivity index (χ0) is 17.6. The van der Waals surface area contributed by atoms with Crippen molar-refractivity contribution in [2.45, 2.75) is 6.92 Å². The van der Waals surface area contributed by atoms with E-state index in [-0.39, 0.29) is 11.7 Å². The van der Waals surface area contributed by atoms with E-state index in [2.05, 4.69) is 15.2 Å². The van der Waals surface area contributed by atoms with E-state index >= 15 is 0 Å². The van der Waals surface area contributed by atoms with Gasteiger partial charge in [0, 0.05) is 24.3 Å². The van der Waals surface area contributed by atoms with E-state index in [9.17, 15) is 4.79 Å². The van der Waals surface area contributed by atoms with E-state index in [1.165, 1.54) is 16.4 Å². The standard InChI is InChI=1S/C17H16N6O2/c1-11-4-5-14(9-18-11)22-10-12-8-13(6-7-15(12)19-22)23-17(24)21(2)16(20-23)25-3/h4-10H,1-3H3. The van der Waals surface area contributed by atoms with Crippen molar-refractivity contribution < 1.29 is 4.74 Å². The van der Waals surface area contributed by atoms with E-state index in [0.717, 1.165) is 22.3 Å². The van der Waals surface area contributed by atoms with Gasteiger partial charge >= 0.3 is 11.7 Å². The predicted molar refractivity (Wildman–Crippen MR) is 92.5 cm³/mol. The number of aromatic nitrogens is 6. The molecule has 0 bridgehead atoms. The van der Waals surface area contributed by atoms with Gasteiger partial charge in [0.05, 0.1) is 30.2 Å². The molecule has 1 aromatic carbocycles. The van der Waals surface area contributed by atoms with Crippen molar-refractivity contribution in [2.24, 2.45) is 7.05 Å². The van der Waals surface area contributed by atoms with Crippen molar-refractivity contribution in [3.63, 3.8) is 0 Å². The quantitative estimate of drug-likeness (QED) is 0.568. The molecule has 0 N–H and O–H groups in total. The summed E-state index contributed by atoms with van der Waals surface area (Å²) in [7, 11) is 3.10. The largest absolute Gasteiger partial charge is 0.467 e. The maximum absolute atomic E-state index is 12.3. The summed E-state index contributed by atoms with van der Waals surface area (Å²) < 4.78 is 9.52. The summed E-state index contributed by atoms with van der Waals surface area (Å²) in [5.74, 6) is 0. The molecule has 25 heavy (non-hydrogen) atoms. The van der Waals surface area contributed by atoms with E-state index in [4.69, 9.17) is 4.74 Å². The Morgan fingerprint density at radius 2 is 1.88 bits per heavy atom. The lowest BCUT2D eigenvalue weighted by atomic mass is 10.2. The molecular weight excluding hydrogens is 320 g/mol. The van der Waals surface area contributed by atoms with Crippen LogP contribution in [0.2, 0.25) is 0 Å². The SMILES string of the molecule is COc1nn(-c2ccc3nn(-c4ccc(C)nc4)cc3c2)c(=O)n1C. The number of rotatable bonds is 3. The van der Waals surface area contributed by atoms with E-state index in [0.29, 0.717) is 5.69 Å². The molecule has 0 saturated carbocycles. The van der Waals surface area contributed by atoms with Gasteiger partial charge in [-0.1, -0.05) is 0 Å². The highest BCUT2D eigenvalue weighted by Gasteiger charge is 2.13. The maximum Gasteiger partial charge on any atom is 0.353 e. The Bertz CT molecular complexity index is 1120. The molecule has 0 spiro atoms. The molecule has 0 amide bonds. The predicted octanol–water partition coefficient (Wildman–Crippen LogP) is 1.62. The van der Waals surface area contributed by atoms with Crippen molar-refractivity contribution in [2.75, 3.05) is 7.11 Å². The molecule has 0 radical (unpaired) electrons. The van der Waals surface area contributed by atoms with Gasteiger partial charge in [0.15, 0.2) is 0 Å². The molecule has 4 rings (SSSR count). The Kier molecular flexibility index (Phi) is 3.38. The molecule has 0 atom stereocenters. The molecule has 3 aromatic heterocycles. The lowest BCUT2D eigenvalue weighted by Gasteiger charge is -1.99. The van der Waals surface area contributed by atoms with Crippen LogP contribution in [0.3, 0.4) is 0 Å². The van der Waals surface area contributed by atoms with Crippen LogP contribution in [0, 0.1) is 6.92 Å². The van der Waals surface area contributed by atoms with Crippen LogP contribution in [0.15, 0.2) is 47.5 Å². The van der Waals surface area contributed by atoms with Gasteiger partial charge in [-0.2, -0.15) is 9.78 Å². The molecule has 0 aliphatic heterocycles. The number of benzene rings is 1. The molecule has 126 valence electrons. The van der Waals surface area contributed by atoms with Crippen LogP contribution in [0.4, 0.5) is 0 Å². The van der Waals surface area contributed by atoms with E-state index in [1.54, 1.807) is 24.0 Å². The van der Waals surface area contributed by atoms with Crippen molar-refractivity contribution in [1.29, 1.82) is 0 Å². The van der Waals surface area contributed by atoms with Crippen molar-refractivity contribution >= 4 is 10.9 Å². The van der Waals surface area contributed by atoms with Gasteiger partial charge in [0.1, 0.15) is 0 Å². The Morgan fingerprint density at radius 3 is 2.56 bits per heavy atom. The lowest BCUT2D eigenvalue weighted by Crippen LogP contribution is -2.21. The average Bonchev–Trinajstić information content (AvgIpc) is 3.17. The summed E-state index contributed by atoms with van der Waals surface area (Å²) in [6.07, 6.45) is 3.67. The second-order valence-corrected chi connectivity index (χ2v) is 5.71. The molecule has 8 nitrogen and oxygen atoms in total. The Morgan fingerprint density at radius 1 is 1.08 bits per heavy atom. The van der Waals surface area contributed by atoms with Crippen molar-refractivity contribution in [1.82, 2.24) is 29.1 Å². The molecule has 0 aliphatic rings. The van der Waals surface area contributed by atoms with Crippen LogP contribution >= 0.6 is 0 Å². The molecule has 0 fully saturated rings. The summed E-state index contributed by atoms with van der Waals surface area (Å²) in [4.78, 5) is 16.6. The lowest BCUT2D eigenvalue weighted by molar-refractivity contribution is 0.362. The highest BCUT2D eigenvalue weighted by atomic mass is 16.5. The molecule has 0 aliphatic carbocycles. The third-order valence-corrected chi connectivity index (χ3v) is 4.02. The first-order valence-electron chi connectivity index (χ1n) is 7.70. The monoisotopic (exact) mass is 336 g/mol.